The van der Waals surface area contributed by atoms with E-state index in [0.717, 1.165) is 37.4 Å². The Balaban J connectivity index is 1.91. The largest absolute Gasteiger partial charge is 0.375 e. The van der Waals surface area contributed by atoms with Crippen molar-refractivity contribution in [2.45, 2.75) is 33.2 Å². The highest BCUT2D eigenvalue weighted by Gasteiger charge is 2.31. The van der Waals surface area contributed by atoms with Crippen LogP contribution in [0, 0.1) is 0 Å². The Morgan fingerprint density at radius 3 is 2.30 bits per heavy atom. The van der Waals surface area contributed by atoms with E-state index in [1.165, 1.54) is 11.3 Å². The van der Waals surface area contributed by atoms with Crippen molar-refractivity contribution in [1.82, 2.24) is 18.5 Å². The molecule has 1 aliphatic rings. The van der Waals surface area contributed by atoms with Crippen molar-refractivity contribution in [3.63, 3.8) is 0 Å². The second-order valence-corrected chi connectivity index (χ2v) is 8.82. The van der Waals surface area contributed by atoms with Gasteiger partial charge in [-0.1, -0.05) is 13.8 Å². The van der Waals surface area contributed by atoms with Crippen molar-refractivity contribution in [1.29, 1.82) is 0 Å². The predicted octanol–water partition coefficient (Wildman–Crippen LogP) is 1.21. The second-order valence-electron chi connectivity index (χ2n) is 5.75. The molecule has 0 saturated carbocycles. The maximum Gasteiger partial charge on any atom is 0.282 e. The van der Waals surface area contributed by atoms with Gasteiger partial charge in [-0.05, 0) is 12.8 Å². The maximum absolute atomic E-state index is 12.7. The van der Waals surface area contributed by atoms with E-state index in [1.54, 1.807) is 14.8 Å². The SMILES string of the molecule is CCCN(CCC)S(=O)(=O)N1CCN(Cc2cnc(N)s2)CC1. The van der Waals surface area contributed by atoms with Gasteiger partial charge in [0.25, 0.3) is 10.2 Å². The molecule has 0 aliphatic carbocycles. The zero-order valence-electron chi connectivity index (χ0n) is 13.9. The summed E-state index contributed by atoms with van der Waals surface area (Å²) in [7, 11) is -3.33. The molecular weight excluding hydrogens is 334 g/mol. The fraction of sp³-hybridized carbons (Fsp3) is 0.786. The quantitative estimate of drug-likeness (QED) is 0.752. The van der Waals surface area contributed by atoms with Gasteiger partial charge in [0.2, 0.25) is 0 Å². The van der Waals surface area contributed by atoms with Gasteiger partial charge in [-0.15, -0.1) is 11.3 Å². The minimum atomic E-state index is -3.33. The number of anilines is 1. The van der Waals surface area contributed by atoms with Crippen LogP contribution in [0.3, 0.4) is 0 Å². The Bertz CT molecular complexity index is 576. The first kappa shape index (κ1) is 18.6. The zero-order valence-corrected chi connectivity index (χ0v) is 15.6. The molecule has 2 heterocycles. The Kier molecular flexibility index (Phi) is 6.78. The molecule has 2 N–H and O–H groups in total. The number of nitrogen functional groups attached to an aromatic ring is 1. The van der Waals surface area contributed by atoms with Crippen LogP contribution in [-0.2, 0) is 16.8 Å². The van der Waals surface area contributed by atoms with E-state index in [2.05, 4.69) is 9.88 Å². The van der Waals surface area contributed by atoms with E-state index < -0.39 is 10.2 Å². The molecule has 0 radical (unpaired) electrons. The van der Waals surface area contributed by atoms with Crippen molar-refractivity contribution in [2.24, 2.45) is 0 Å². The number of thiazole rings is 1. The standard InChI is InChI=1S/C14H27N5O2S2/c1-3-5-18(6-4-2)23(20,21)19-9-7-17(8-10-19)12-13-11-16-14(15)22-13/h11H,3-10,12H2,1-2H3,(H2,15,16). The van der Waals surface area contributed by atoms with E-state index in [1.807, 2.05) is 13.8 Å². The fourth-order valence-electron chi connectivity index (χ4n) is 2.74. The molecule has 2 rings (SSSR count). The summed E-state index contributed by atoms with van der Waals surface area (Å²) in [5.74, 6) is 0. The number of rotatable bonds is 8. The maximum atomic E-state index is 12.7. The summed E-state index contributed by atoms with van der Waals surface area (Å²) in [6, 6.07) is 0. The number of piperazine rings is 1. The van der Waals surface area contributed by atoms with Crippen LogP contribution in [-0.4, -0.2) is 66.2 Å². The van der Waals surface area contributed by atoms with Crippen LogP contribution in [0.15, 0.2) is 6.20 Å². The van der Waals surface area contributed by atoms with Gasteiger partial charge in [-0.2, -0.15) is 17.0 Å². The summed E-state index contributed by atoms with van der Waals surface area (Å²) in [5, 5.41) is 0.580. The zero-order chi connectivity index (χ0) is 16.9. The Labute approximate surface area is 143 Å². The first-order valence-electron chi connectivity index (χ1n) is 8.15. The summed E-state index contributed by atoms with van der Waals surface area (Å²) in [6.07, 6.45) is 3.48. The molecule has 7 nitrogen and oxygen atoms in total. The molecule has 9 heteroatoms. The third kappa shape index (κ3) is 4.87. The van der Waals surface area contributed by atoms with E-state index in [9.17, 15) is 8.42 Å². The van der Waals surface area contributed by atoms with Gasteiger partial charge < -0.3 is 5.73 Å². The average Bonchev–Trinajstić information content (AvgIpc) is 2.93. The molecule has 1 saturated heterocycles. The van der Waals surface area contributed by atoms with Gasteiger partial charge in [0.15, 0.2) is 5.13 Å². The third-order valence-electron chi connectivity index (χ3n) is 3.88. The summed E-state index contributed by atoms with van der Waals surface area (Å²) in [4.78, 5) is 7.43. The lowest BCUT2D eigenvalue weighted by Gasteiger charge is -2.36. The smallest absolute Gasteiger partial charge is 0.282 e. The molecule has 0 spiro atoms. The highest BCUT2D eigenvalue weighted by Crippen LogP contribution is 2.19. The topological polar surface area (TPSA) is 82.8 Å². The molecule has 23 heavy (non-hydrogen) atoms. The highest BCUT2D eigenvalue weighted by atomic mass is 32.2. The Morgan fingerprint density at radius 1 is 1.22 bits per heavy atom. The van der Waals surface area contributed by atoms with Crippen LogP contribution in [0.4, 0.5) is 5.13 Å². The minimum absolute atomic E-state index is 0.542. The lowest BCUT2D eigenvalue weighted by atomic mass is 10.3. The van der Waals surface area contributed by atoms with Gasteiger partial charge in [0, 0.05) is 56.9 Å². The molecular formula is C14H27N5O2S2. The van der Waals surface area contributed by atoms with Crippen LogP contribution in [0.1, 0.15) is 31.6 Å². The highest BCUT2D eigenvalue weighted by molar-refractivity contribution is 7.86. The molecule has 1 aromatic rings. The fourth-order valence-corrected chi connectivity index (χ4v) is 5.24. The molecule has 1 aromatic heterocycles. The van der Waals surface area contributed by atoms with E-state index in [4.69, 9.17) is 5.73 Å². The van der Waals surface area contributed by atoms with Crippen molar-refractivity contribution >= 4 is 26.7 Å². The lowest BCUT2D eigenvalue weighted by Crippen LogP contribution is -2.53. The van der Waals surface area contributed by atoms with Gasteiger partial charge in [0.1, 0.15) is 0 Å². The summed E-state index contributed by atoms with van der Waals surface area (Å²) in [5.41, 5.74) is 5.65. The van der Waals surface area contributed by atoms with Gasteiger partial charge >= 0.3 is 0 Å². The van der Waals surface area contributed by atoms with Crippen molar-refractivity contribution < 1.29 is 8.42 Å². The number of nitrogens with two attached hydrogens (primary N) is 1. The summed E-state index contributed by atoms with van der Waals surface area (Å²) in [6.45, 7) is 8.56. The number of hydrogen-bond acceptors (Lipinski definition) is 6. The molecule has 0 atom stereocenters. The third-order valence-corrected chi connectivity index (χ3v) is 6.73. The predicted molar refractivity (Wildman–Crippen MR) is 94.5 cm³/mol. The number of aromatic nitrogens is 1. The van der Waals surface area contributed by atoms with Crippen LogP contribution in [0.25, 0.3) is 0 Å². The van der Waals surface area contributed by atoms with E-state index >= 15 is 0 Å². The molecule has 0 bridgehead atoms. The number of hydrogen-bond donors (Lipinski definition) is 1. The van der Waals surface area contributed by atoms with Crippen molar-refractivity contribution in [3.05, 3.63) is 11.1 Å². The molecule has 1 aliphatic heterocycles. The number of nitrogens with zero attached hydrogens (tertiary/aromatic N) is 4. The Morgan fingerprint density at radius 2 is 1.83 bits per heavy atom. The van der Waals surface area contributed by atoms with Gasteiger partial charge in [-0.3, -0.25) is 4.90 Å². The van der Waals surface area contributed by atoms with Gasteiger partial charge in [0.05, 0.1) is 0 Å². The summed E-state index contributed by atoms with van der Waals surface area (Å²) < 4.78 is 28.7. The van der Waals surface area contributed by atoms with Crippen LogP contribution >= 0.6 is 11.3 Å². The first-order valence-corrected chi connectivity index (χ1v) is 10.4. The van der Waals surface area contributed by atoms with Crippen molar-refractivity contribution in [2.75, 3.05) is 45.0 Å². The van der Waals surface area contributed by atoms with Gasteiger partial charge in [-0.25, -0.2) is 4.98 Å². The molecule has 0 amide bonds. The lowest BCUT2D eigenvalue weighted by molar-refractivity contribution is 0.175. The molecule has 1 fully saturated rings. The normalized spacial score (nSPS) is 17.9. The Hall–Kier alpha value is -0.740. The van der Waals surface area contributed by atoms with Crippen LogP contribution < -0.4 is 5.73 Å². The van der Waals surface area contributed by atoms with Crippen LogP contribution in [0.5, 0.6) is 0 Å². The molecule has 132 valence electrons. The second kappa shape index (κ2) is 8.39. The average molecular weight is 362 g/mol. The van der Waals surface area contributed by atoms with E-state index in [0.29, 0.717) is 31.3 Å². The first-order chi connectivity index (χ1) is 11.0. The minimum Gasteiger partial charge on any atom is -0.375 e. The molecule has 0 unspecified atom stereocenters. The van der Waals surface area contributed by atoms with Crippen molar-refractivity contribution in [3.8, 4) is 0 Å². The van der Waals surface area contributed by atoms with E-state index in [-0.39, 0.29) is 0 Å². The summed E-state index contributed by atoms with van der Waals surface area (Å²) >= 11 is 1.49. The molecule has 0 aromatic carbocycles. The van der Waals surface area contributed by atoms with Crippen LogP contribution in [0.2, 0.25) is 0 Å². The monoisotopic (exact) mass is 361 g/mol.